The van der Waals surface area contributed by atoms with Crippen LogP contribution in [0, 0.1) is 4.51 Å². The molecule has 0 bridgehead atoms. The molecule has 0 aliphatic carbocycles. The molecule has 0 aliphatic rings. The van der Waals surface area contributed by atoms with Crippen molar-refractivity contribution in [2.75, 3.05) is 12.4 Å². The lowest BCUT2D eigenvalue weighted by atomic mass is 10.0. The van der Waals surface area contributed by atoms with Crippen LogP contribution in [0.1, 0.15) is 10.4 Å². The lowest BCUT2D eigenvalue weighted by molar-refractivity contribution is 0.102. The normalized spacial score (nSPS) is 10.6. The van der Waals surface area contributed by atoms with Crippen molar-refractivity contribution in [1.29, 1.82) is 0 Å². The molecule has 4 aromatic rings. The highest BCUT2D eigenvalue weighted by atomic mass is 32.1. The predicted octanol–water partition coefficient (Wildman–Crippen LogP) is 5.83. The number of para-hydroxylation sites is 1. The molecule has 4 nitrogen and oxygen atoms in total. The number of rotatable bonds is 4. The van der Waals surface area contributed by atoms with Gasteiger partial charge in [0.25, 0.3) is 5.91 Å². The first kappa shape index (κ1) is 17.9. The Balaban J connectivity index is 1.83. The fourth-order valence-electron chi connectivity index (χ4n) is 3.14. The maximum atomic E-state index is 12.8. The molecule has 0 aliphatic heterocycles. The van der Waals surface area contributed by atoms with Crippen LogP contribution in [-0.2, 0) is 0 Å². The second-order valence-corrected chi connectivity index (χ2v) is 6.71. The summed E-state index contributed by atoms with van der Waals surface area (Å²) in [6, 6.07) is 24.6. The fourth-order valence-corrected chi connectivity index (χ4v) is 3.54. The number of hydrogen-bond donors (Lipinski definition) is 2. The molecule has 1 aromatic heterocycles. The molecular weight excluding hydrogens is 368 g/mol. The van der Waals surface area contributed by atoms with Gasteiger partial charge in [0.1, 0.15) is 11.6 Å². The van der Waals surface area contributed by atoms with Crippen molar-refractivity contribution >= 4 is 34.8 Å². The van der Waals surface area contributed by atoms with Gasteiger partial charge < -0.3 is 15.0 Å². The van der Waals surface area contributed by atoms with Gasteiger partial charge in [-0.1, -0.05) is 60.7 Å². The molecule has 0 spiro atoms. The van der Waals surface area contributed by atoms with Crippen LogP contribution in [0.2, 0.25) is 0 Å². The summed E-state index contributed by atoms with van der Waals surface area (Å²) >= 11 is 5.78. The van der Waals surface area contributed by atoms with Gasteiger partial charge in [-0.05, 0) is 35.9 Å². The van der Waals surface area contributed by atoms with E-state index in [1.807, 2.05) is 54.6 Å². The highest BCUT2D eigenvalue weighted by Crippen LogP contribution is 2.32. The van der Waals surface area contributed by atoms with Crippen molar-refractivity contribution < 1.29 is 9.53 Å². The molecule has 0 saturated heterocycles. The smallest absolute Gasteiger partial charge is 0.256 e. The number of ether oxygens (including phenoxy) is 1. The Labute approximate surface area is 167 Å². The molecule has 138 valence electrons. The lowest BCUT2D eigenvalue weighted by Gasteiger charge is -2.14. The van der Waals surface area contributed by atoms with Crippen LogP contribution in [-0.4, -0.2) is 18.0 Å². The summed E-state index contributed by atoms with van der Waals surface area (Å²) in [5.41, 5.74) is 3.15. The van der Waals surface area contributed by atoms with Crippen LogP contribution in [0.5, 0.6) is 5.75 Å². The standard InChI is InChI=1S/C23H18N2O2S/c1-27-17-13-11-16(12-14-17)23(26)25-22-20(15-7-3-2-4-8-15)21(28)18-9-5-6-10-19(18)24-22/h2-14H,1H3,(H2,24,25,26,28). The molecule has 4 rings (SSSR count). The van der Waals surface area contributed by atoms with Crippen molar-refractivity contribution in [3.63, 3.8) is 0 Å². The zero-order valence-corrected chi connectivity index (χ0v) is 16.0. The zero-order chi connectivity index (χ0) is 19.5. The van der Waals surface area contributed by atoms with E-state index in [2.05, 4.69) is 10.3 Å². The molecular formula is C23H18N2O2S. The van der Waals surface area contributed by atoms with Gasteiger partial charge in [0.15, 0.2) is 0 Å². The number of benzene rings is 3. The number of aromatic nitrogens is 1. The summed E-state index contributed by atoms with van der Waals surface area (Å²) < 4.78 is 5.86. The first-order chi connectivity index (χ1) is 13.7. The van der Waals surface area contributed by atoms with E-state index in [4.69, 9.17) is 17.0 Å². The third-order valence-electron chi connectivity index (χ3n) is 4.56. The van der Waals surface area contributed by atoms with Gasteiger partial charge >= 0.3 is 0 Å². The number of hydrogen-bond acceptors (Lipinski definition) is 3. The maximum Gasteiger partial charge on any atom is 0.256 e. The number of amides is 1. The monoisotopic (exact) mass is 386 g/mol. The first-order valence-corrected chi connectivity index (χ1v) is 9.24. The molecule has 0 radical (unpaired) electrons. The molecule has 0 unspecified atom stereocenters. The van der Waals surface area contributed by atoms with Crippen LogP contribution in [0.4, 0.5) is 5.82 Å². The van der Waals surface area contributed by atoms with Gasteiger partial charge in [-0.3, -0.25) is 4.79 Å². The van der Waals surface area contributed by atoms with E-state index in [1.54, 1.807) is 31.4 Å². The second-order valence-electron chi connectivity index (χ2n) is 6.30. The van der Waals surface area contributed by atoms with Crippen molar-refractivity contribution in [1.82, 2.24) is 4.98 Å². The van der Waals surface area contributed by atoms with E-state index in [9.17, 15) is 4.79 Å². The minimum atomic E-state index is -0.222. The Morgan fingerprint density at radius 3 is 2.32 bits per heavy atom. The zero-order valence-electron chi connectivity index (χ0n) is 15.2. The quantitative estimate of drug-likeness (QED) is 0.434. The number of carbonyl (C=O) groups is 1. The number of H-pyrrole nitrogens is 1. The number of anilines is 1. The van der Waals surface area contributed by atoms with Gasteiger partial charge in [0, 0.05) is 22.0 Å². The summed E-state index contributed by atoms with van der Waals surface area (Å²) in [7, 11) is 1.59. The predicted molar refractivity (Wildman–Crippen MR) is 116 cm³/mol. The largest absolute Gasteiger partial charge is 0.497 e. The lowest BCUT2D eigenvalue weighted by Crippen LogP contribution is -2.14. The molecule has 0 saturated carbocycles. The van der Waals surface area contributed by atoms with Gasteiger partial charge in [0.05, 0.1) is 11.6 Å². The molecule has 28 heavy (non-hydrogen) atoms. The number of aromatic amines is 1. The SMILES string of the molecule is COc1ccc(C(=O)Nc2[nH]c3ccccc3c(=S)c2-c2ccccc2)cc1. The number of methoxy groups -OCH3 is 1. The third-order valence-corrected chi connectivity index (χ3v) is 4.99. The maximum absolute atomic E-state index is 12.8. The van der Waals surface area contributed by atoms with Crippen molar-refractivity contribution in [3.8, 4) is 16.9 Å². The number of carbonyl (C=O) groups excluding carboxylic acids is 1. The Hall–Kier alpha value is -3.44. The van der Waals surface area contributed by atoms with Crippen LogP contribution in [0.15, 0.2) is 78.9 Å². The van der Waals surface area contributed by atoms with Gasteiger partial charge in [-0.25, -0.2) is 0 Å². The number of pyridine rings is 1. The fraction of sp³-hybridized carbons (Fsp3) is 0.0435. The van der Waals surface area contributed by atoms with E-state index in [1.165, 1.54) is 0 Å². The first-order valence-electron chi connectivity index (χ1n) is 8.83. The Morgan fingerprint density at radius 1 is 0.929 bits per heavy atom. The van der Waals surface area contributed by atoms with Crippen molar-refractivity contribution in [2.24, 2.45) is 0 Å². The van der Waals surface area contributed by atoms with E-state index >= 15 is 0 Å². The van der Waals surface area contributed by atoms with Gasteiger partial charge in [-0.15, -0.1) is 0 Å². The topological polar surface area (TPSA) is 54.1 Å². The van der Waals surface area contributed by atoms with Gasteiger partial charge in [-0.2, -0.15) is 0 Å². The van der Waals surface area contributed by atoms with E-state index in [-0.39, 0.29) is 5.91 Å². The van der Waals surface area contributed by atoms with E-state index in [0.29, 0.717) is 21.6 Å². The van der Waals surface area contributed by atoms with Crippen molar-refractivity contribution in [3.05, 3.63) is 88.9 Å². The molecule has 1 amide bonds. The summed E-state index contributed by atoms with van der Waals surface area (Å²) in [4.78, 5) is 16.2. The molecule has 5 heteroatoms. The summed E-state index contributed by atoms with van der Waals surface area (Å²) in [5.74, 6) is 1.06. The van der Waals surface area contributed by atoms with Crippen LogP contribution in [0.3, 0.4) is 0 Å². The minimum absolute atomic E-state index is 0.222. The van der Waals surface area contributed by atoms with Crippen LogP contribution in [0.25, 0.3) is 22.0 Å². The van der Waals surface area contributed by atoms with Crippen LogP contribution >= 0.6 is 12.2 Å². The summed E-state index contributed by atoms with van der Waals surface area (Å²) in [5, 5.41) is 3.94. The molecule has 3 aromatic carbocycles. The number of fused-ring (bicyclic) bond motifs is 1. The van der Waals surface area contributed by atoms with Gasteiger partial charge in [0.2, 0.25) is 0 Å². The molecule has 0 fully saturated rings. The third kappa shape index (κ3) is 3.40. The summed E-state index contributed by atoms with van der Waals surface area (Å²) in [6.07, 6.45) is 0. The average Bonchev–Trinajstić information content (AvgIpc) is 2.74. The Morgan fingerprint density at radius 2 is 1.61 bits per heavy atom. The molecule has 2 N–H and O–H groups in total. The second kappa shape index (κ2) is 7.66. The molecule has 1 heterocycles. The van der Waals surface area contributed by atoms with Crippen molar-refractivity contribution in [2.45, 2.75) is 0 Å². The minimum Gasteiger partial charge on any atom is -0.497 e. The summed E-state index contributed by atoms with van der Waals surface area (Å²) in [6.45, 7) is 0. The Kier molecular flexibility index (Phi) is 4.91. The number of nitrogens with one attached hydrogen (secondary N) is 2. The van der Waals surface area contributed by atoms with Crippen LogP contribution < -0.4 is 10.1 Å². The average molecular weight is 386 g/mol. The van der Waals surface area contributed by atoms with E-state index in [0.717, 1.165) is 22.0 Å². The molecule has 0 atom stereocenters. The van der Waals surface area contributed by atoms with E-state index < -0.39 is 0 Å². The Bertz CT molecular complexity index is 1200. The highest BCUT2D eigenvalue weighted by Gasteiger charge is 2.15. The highest BCUT2D eigenvalue weighted by molar-refractivity contribution is 7.71.